The van der Waals surface area contributed by atoms with Gasteiger partial charge < -0.3 is 0 Å². The highest BCUT2D eigenvalue weighted by atomic mass is 35.5. The van der Waals surface area contributed by atoms with E-state index in [9.17, 15) is 0 Å². The molecule has 0 spiro atoms. The summed E-state index contributed by atoms with van der Waals surface area (Å²) in [6.45, 7) is 2.04. The van der Waals surface area contributed by atoms with Gasteiger partial charge >= 0.3 is 0 Å². The highest BCUT2D eigenvalue weighted by molar-refractivity contribution is 8.08. The first-order valence-corrected chi connectivity index (χ1v) is 12.7. The van der Waals surface area contributed by atoms with E-state index >= 15 is 0 Å². The Labute approximate surface area is 212 Å². The van der Waals surface area contributed by atoms with Gasteiger partial charge in [-0.25, -0.2) is 9.67 Å². The van der Waals surface area contributed by atoms with Crippen LogP contribution in [0, 0.1) is 6.92 Å². The Hall–Kier alpha value is -3.05. The molecule has 166 valence electrons. The molecular formula is C28H19Cl2N3S. The zero-order chi connectivity index (χ0) is 23.2. The average Bonchev–Trinajstić information content (AvgIpc) is 3.41. The van der Waals surface area contributed by atoms with Crippen LogP contribution in [0.25, 0.3) is 38.8 Å². The van der Waals surface area contributed by atoms with E-state index in [0.717, 1.165) is 65.5 Å². The number of hydrogen-bond donors (Lipinski definition) is 0. The van der Waals surface area contributed by atoms with Gasteiger partial charge in [0.05, 0.1) is 22.5 Å². The van der Waals surface area contributed by atoms with E-state index in [1.54, 1.807) is 11.8 Å². The van der Waals surface area contributed by atoms with E-state index in [-0.39, 0.29) is 0 Å². The van der Waals surface area contributed by atoms with E-state index in [1.165, 1.54) is 5.56 Å². The maximum Gasteiger partial charge on any atom is 0.164 e. The Morgan fingerprint density at radius 1 is 0.882 bits per heavy atom. The van der Waals surface area contributed by atoms with Crippen molar-refractivity contribution in [2.75, 3.05) is 0 Å². The van der Waals surface area contributed by atoms with Gasteiger partial charge in [-0.3, -0.25) is 0 Å². The molecule has 0 aliphatic carbocycles. The van der Waals surface area contributed by atoms with Crippen LogP contribution in [-0.2, 0) is 5.75 Å². The standard InChI is InChI=1S/C28H19Cl2N3S/c1-17-25-26(20-12-6-8-14-23(20)30)21-16-34-24(15-18-9-5-7-13-22(18)29)27(21)31-28(25)33(32-17)19-10-3-2-4-11-19/h2-15H,16H2,1H3/b24-15-. The van der Waals surface area contributed by atoms with Gasteiger partial charge in [0, 0.05) is 31.8 Å². The number of para-hydroxylation sites is 1. The number of pyridine rings is 1. The minimum absolute atomic E-state index is 0.720. The van der Waals surface area contributed by atoms with Crippen molar-refractivity contribution in [2.45, 2.75) is 12.7 Å². The van der Waals surface area contributed by atoms with Gasteiger partial charge in [0.2, 0.25) is 0 Å². The molecule has 1 aliphatic heterocycles. The van der Waals surface area contributed by atoms with Crippen LogP contribution in [0.5, 0.6) is 0 Å². The van der Waals surface area contributed by atoms with Crippen LogP contribution in [0.15, 0.2) is 78.9 Å². The van der Waals surface area contributed by atoms with Gasteiger partial charge in [-0.2, -0.15) is 5.10 Å². The minimum Gasteiger partial charge on any atom is -0.227 e. The second-order valence-electron chi connectivity index (χ2n) is 8.14. The molecule has 3 aromatic carbocycles. The predicted molar refractivity (Wildman–Crippen MR) is 145 cm³/mol. The maximum absolute atomic E-state index is 6.74. The molecule has 0 radical (unpaired) electrons. The van der Waals surface area contributed by atoms with Gasteiger partial charge in [0.25, 0.3) is 0 Å². The number of nitrogens with zero attached hydrogens (tertiary/aromatic N) is 3. The highest BCUT2D eigenvalue weighted by Gasteiger charge is 2.29. The molecule has 6 heteroatoms. The van der Waals surface area contributed by atoms with E-state index < -0.39 is 0 Å². The summed E-state index contributed by atoms with van der Waals surface area (Å²) in [5.41, 5.74) is 7.96. The van der Waals surface area contributed by atoms with Gasteiger partial charge in [0.1, 0.15) is 0 Å². The van der Waals surface area contributed by atoms with Crippen molar-refractivity contribution in [1.29, 1.82) is 0 Å². The average molecular weight is 500 g/mol. The van der Waals surface area contributed by atoms with Crippen LogP contribution in [-0.4, -0.2) is 14.8 Å². The number of fused-ring (bicyclic) bond motifs is 2. The fourth-order valence-corrected chi connectivity index (χ4v) is 5.99. The molecule has 0 saturated heterocycles. The summed E-state index contributed by atoms with van der Waals surface area (Å²) >= 11 is 15.0. The Bertz CT molecular complexity index is 1590. The minimum atomic E-state index is 0.720. The van der Waals surface area contributed by atoms with E-state index in [4.69, 9.17) is 33.3 Å². The van der Waals surface area contributed by atoms with Crippen LogP contribution in [0.1, 0.15) is 22.5 Å². The van der Waals surface area contributed by atoms with E-state index in [2.05, 4.69) is 12.1 Å². The zero-order valence-electron chi connectivity index (χ0n) is 18.3. The third-order valence-corrected chi connectivity index (χ3v) is 7.76. The third kappa shape index (κ3) is 3.54. The Morgan fingerprint density at radius 2 is 1.59 bits per heavy atom. The molecule has 3 heterocycles. The molecule has 1 aliphatic rings. The number of benzene rings is 3. The normalized spacial score (nSPS) is 14.1. The number of thioether (sulfide) groups is 1. The largest absolute Gasteiger partial charge is 0.227 e. The fourth-order valence-electron chi connectivity index (χ4n) is 4.47. The summed E-state index contributed by atoms with van der Waals surface area (Å²) in [5.74, 6) is 0.811. The predicted octanol–water partition coefficient (Wildman–Crippen LogP) is 8.45. The van der Waals surface area contributed by atoms with Crippen LogP contribution in [0.4, 0.5) is 0 Å². The Morgan fingerprint density at radius 3 is 2.35 bits per heavy atom. The first-order valence-electron chi connectivity index (χ1n) is 10.9. The van der Waals surface area contributed by atoms with Crippen LogP contribution < -0.4 is 0 Å². The second-order valence-corrected chi connectivity index (χ2v) is 9.98. The summed E-state index contributed by atoms with van der Waals surface area (Å²) in [7, 11) is 0. The van der Waals surface area contributed by atoms with Gasteiger partial charge in [-0.1, -0.05) is 77.8 Å². The lowest BCUT2D eigenvalue weighted by Gasteiger charge is -2.13. The molecule has 5 aromatic rings. The second kappa shape index (κ2) is 8.62. The fraction of sp³-hybridized carbons (Fsp3) is 0.0714. The molecule has 0 unspecified atom stereocenters. The number of hydrogen-bond acceptors (Lipinski definition) is 3. The smallest absolute Gasteiger partial charge is 0.164 e. The summed E-state index contributed by atoms with van der Waals surface area (Å²) < 4.78 is 1.93. The first-order chi connectivity index (χ1) is 16.6. The van der Waals surface area contributed by atoms with Crippen molar-refractivity contribution in [3.63, 3.8) is 0 Å². The quantitative estimate of drug-likeness (QED) is 0.249. The lowest BCUT2D eigenvalue weighted by molar-refractivity contribution is 0.877. The molecule has 3 nitrogen and oxygen atoms in total. The molecule has 0 fully saturated rings. The first kappa shape index (κ1) is 21.5. The molecule has 2 aromatic heterocycles. The Kier molecular flexibility index (Phi) is 5.45. The van der Waals surface area contributed by atoms with Crippen LogP contribution in [0.2, 0.25) is 10.0 Å². The molecular weight excluding hydrogens is 481 g/mol. The SMILES string of the molecule is Cc1nn(-c2ccccc2)c2nc3c(c(-c4ccccc4Cl)c12)CS/C3=C\c1ccccc1Cl. The van der Waals surface area contributed by atoms with Gasteiger partial charge in [-0.15, -0.1) is 11.8 Å². The van der Waals surface area contributed by atoms with Crippen molar-refractivity contribution in [3.8, 4) is 16.8 Å². The van der Waals surface area contributed by atoms with E-state index in [1.807, 2.05) is 84.4 Å². The van der Waals surface area contributed by atoms with Crippen LogP contribution in [0.3, 0.4) is 0 Å². The number of halogens is 2. The highest BCUT2D eigenvalue weighted by Crippen LogP contribution is 2.49. The van der Waals surface area contributed by atoms with Gasteiger partial charge in [-0.05, 0) is 48.4 Å². The topological polar surface area (TPSA) is 30.7 Å². The van der Waals surface area contributed by atoms with Crippen molar-refractivity contribution >= 4 is 57.0 Å². The molecule has 34 heavy (non-hydrogen) atoms. The van der Waals surface area contributed by atoms with Crippen molar-refractivity contribution in [3.05, 3.63) is 111 Å². The van der Waals surface area contributed by atoms with Crippen LogP contribution >= 0.6 is 35.0 Å². The summed E-state index contributed by atoms with van der Waals surface area (Å²) in [6, 6.07) is 26.0. The van der Waals surface area contributed by atoms with Crippen molar-refractivity contribution in [1.82, 2.24) is 14.8 Å². The molecule has 0 amide bonds. The monoisotopic (exact) mass is 499 g/mol. The van der Waals surface area contributed by atoms with E-state index in [0.29, 0.717) is 0 Å². The lowest BCUT2D eigenvalue weighted by Crippen LogP contribution is -2.00. The van der Waals surface area contributed by atoms with Gasteiger partial charge in [0.15, 0.2) is 5.65 Å². The zero-order valence-corrected chi connectivity index (χ0v) is 20.6. The maximum atomic E-state index is 6.74. The lowest BCUT2D eigenvalue weighted by atomic mass is 9.95. The summed E-state index contributed by atoms with van der Waals surface area (Å²) in [4.78, 5) is 6.30. The summed E-state index contributed by atoms with van der Waals surface area (Å²) in [6.07, 6.45) is 2.13. The third-order valence-electron chi connectivity index (χ3n) is 6.03. The number of aromatic nitrogens is 3. The molecule has 0 saturated carbocycles. The van der Waals surface area contributed by atoms with Crippen molar-refractivity contribution in [2.24, 2.45) is 0 Å². The molecule has 0 N–H and O–H groups in total. The molecule has 0 bridgehead atoms. The summed E-state index contributed by atoms with van der Waals surface area (Å²) in [5, 5.41) is 7.38. The Balaban J connectivity index is 1.69. The molecule has 6 rings (SSSR count). The number of aryl methyl sites for hydroxylation is 1. The molecule has 0 atom stereocenters. The van der Waals surface area contributed by atoms with Crippen molar-refractivity contribution < 1.29 is 0 Å². The number of rotatable bonds is 3.